The van der Waals surface area contributed by atoms with E-state index in [4.69, 9.17) is 10.2 Å². The molecule has 8 heteroatoms. The van der Waals surface area contributed by atoms with E-state index in [0.29, 0.717) is 0 Å². The number of aryl methyl sites for hydroxylation is 1. The molecule has 2 aromatic heterocycles. The van der Waals surface area contributed by atoms with Crippen LogP contribution in [0.4, 0.5) is 5.95 Å². The second-order valence-electron chi connectivity index (χ2n) is 9.43. The Morgan fingerprint density at radius 2 is 2.00 bits per heavy atom. The van der Waals surface area contributed by atoms with Crippen molar-refractivity contribution in [1.29, 1.82) is 0 Å². The lowest BCUT2D eigenvalue weighted by Crippen LogP contribution is -2.44. The summed E-state index contributed by atoms with van der Waals surface area (Å²) in [4.78, 5) is 14.7. The number of carbonyl (C=O) groups is 1. The Kier molecular flexibility index (Phi) is 3.96. The van der Waals surface area contributed by atoms with Crippen molar-refractivity contribution in [3.63, 3.8) is 0 Å². The molecule has 6 rings (SSSR count). The van der Waals surface area contributed by atoms with Crippen LogP contribution in [0.1, 0.15) is 67.9 Å². The monoisotopic (exact) mass is 395 g/mol. The number of nitrogens with one attached hydrogen (secondary N) is 2. The van der Waals surface area contributed by atoms with Gasteiger partial charge in [-0.25, -0.2) is 0 Å². The molecular weight excluding hydrogens is 366 g/mol. The van der Waals surface area contributed by atoms with E-state index >= 15 is 0 Å². The second kappa shape index (κ2) is 6.57. The van der Waals surface area contributed by atoms with Gasteiger partial charge in [-0.3, -0.25) is 14.5 Å². The van der Waals surface area contributed by atoms with E-state index in [9.17, 15) is 4.79 Å². The summed E-state index contributed by atoms with van der Waals surface area (Å²) >= 11 is 0. The van der Waals surface area contributed by atoms with Gasteiger partial charge in [-0.15, -0.1) is 10.2 Å². The molecule has 1 atom stereocenters. The molecule has 1 unspecified atom stereocenters. The van der Waals surface area contributed by atoms with E-state index < -0.39 is 0 Å². The van der Waals surface area contributed by atoms with Crippen LogP contribution >= 0.6 is 0 Å². The number of nitrogens with zero attached hydrogens (tertiary/aromatic N) is 5. The zero-order valence-corrected chi connectivity index (χ0v) is 16.9. The van der Waals surface area contributed by atoms with Gasteiger partial charge in [-0.2, -0.15) is 5.10 Å². The van der Waals surface area contributed by atoms with E-state index in [2.05, 4.69) is 25.0 Å². The SMILES string of the molecule is O=C1NCCC12CCN(c1nnc(C3CCCc4[nH]ncc43)n1CC1CC1)CC2. The quantitative estimate of drug-likeness (QED) is 0.826. The van der Waals surface area contributed by atoms with Gasteiger partial charge in [0.05, 0.1) is 11.6 Å². The standard InChI is InChI=1S/C21H29N7O/c29-19-21(6-9-22-19)7-10-27(11-8-21)20-26-25-18(28(20)13-14-4-5-14)15-2-1-3-17-16(15)12-23-24-17/h12,14-15H,1-11,13H2,(H,22,29)(H,23,24). The van der Waals surface area contributed by atoms with Crippen molar-refractivity contribution in [2.45, 2.75) is 63.8 Å². The molecule has 8 nitrogen and oxygen atoms in total. The molecule has 0 aromatic carbocycles. The summed E-state index contributed by atoms with van der Waals surface area (Å²) in [6, 6.07) is 0. The van der Waals surface area contributed by atoms with Gasteiger partial charge in [0.2, 0.25) is 11.9 Å². The minimum atomic E-state index is -0.143. The summed E-state index contributed by atoms with van der Waals surface area (Å²) in [5.74, 6) is 3.41. The molecule has 154 valence electrons. The second-order valence-corrected chi connectivity index (χ2v) is 9.43. The Morgan fingerprint density at radius 1 is 1.14 bits per heavy atom. The Balaban J connectivity index is 1.30. The molecule has 0 radical (unpaired) electrons. The Morgan fingerprint density at radius 3 is 2.76 bits per heavy atom. The molecule has 29 heavy (non-hydrogen) atoms. The largest absolute Gasteiger partial charge is 0.356 e. The minimum absolute atomic E-state index is 0.143. The summed E-state index contributed by atoms with van der Waals surface area (Å²) in [7, 11) is 0. The van der Waals surface area contributed by atoms with Crippen LogP contribution < -0.4 is 10.2 Å². The average Bonchev–Trinajstić information content (AvgIpc) is 3.11. The normalized spacial score (nSPS) is 26.0. The lowest BCUT2D eigenvalue weighted by molar-refractivity contribution is -0.128. The maximum Gasteiger partial charge on any atom is 0.227 e. The number of hydrogen-bond acceptors (Lipinski definition) is 5. The number of hydrogen-bond donors (Lipinski definition) is 2. The van der Waals surface area contributed by atoms with Crippen molar-refractivity contribution in [2.75, 3.05) is 24.5 Å². The van der Waals surface area contributed by atoms with Crippen molar-refractivity contribution in [1.82, 2.24) is 30.3 Å². The van der Waals surface area contributed by atoms with E-state index in [1.807, 2.05) is 6.20 Å². The zero-order valence-electron chi connectivity index (χ0n) is 16.9. The molecule has 1 amide bonds. The summed E-state index contributed by atoms with van der Waals surface area (Å²) in [6.45, 7) is 3.62. The fraction of sp³-hybridized carbons (Fsp3) is 0.714. The molecule has 2 aromatic rings. The van der Waals surface area contributed by atoms with Crippen LogP contribution in [0.15, 0.2) is 6.20 Å². The fourth-order valence-electron chi connectivity index (χ4n) is 5.59. The van der Waals surface area contributed by atoms with Crippen molar-refractivity contribution >= 4 is 11.9 Å². The first kappa shape index (κ1) is 17.5. The topological polar surface area (TPSA) is 91.7 Å². The molecule has 0 bridgehead atoms. The van der Waals surface area contributed by atoms with Gasteiger partial charge in [-0.1, -0.05) is 0 Å². The Labute approximate surface area is 170 Å². The highest BCUT2D eigenvalue weighted by Gasteiger charge is 2.45. The summed E-state index contributed by atoms with van der Waals surface area (Å²) in [6.07, 6.45) is 10.8. The molecule has 4 aliphatic rings. The van der Waals surface area contributed by atoms with Crippen molar-refractivity contribution in [3.05, 3.63) is 23.3 Å². The molecule has 2 saturated heterocycles. The maximum absolute atomic E-state index is 12.3. The minimum Gasteiger partial charge on any atom is -0.356 e. The van der Waals surface area contributed by atoms with Gasteiger partial charge >= 0.3 is 0 Å². The number of fused-ring (bicyclic) bond motifs is 1. The van der Waals surface area contributed by atoms with Crippen LogP contribution in [0, 0.1) is 11.3 Å². The molecule has 2 aliphatic carbocycles. The van der Waals surface area contributed by atoms with E-state index in [-0.39, 0.29) is 17.2 Å². The highest BCUT2D eigenvalue weighted by atomic mass is 16.2. The van der Waals surface area contributed by atoms with Gasteiger partial charge < -0.3 is 10.2 Å². The van der Waals surface area contributed by atoms with Gasteiger partial charge in [0, 0.05) is 43.4 Å². The number of anilines is 1. The number of aromatic amines is 1. The lowest BCUT2D eigenvalue weighted by atomic mass is 9.77. The number of rotatable bonds is 4. The molecule has 3 fully saturated rings. The first-order valence-electron chi connectivity index (χ1n) is 11.2. The molecular formula is C21H29N7O. The van der Waals surface area contributed by atoms with Crippen LogP contribution in [0.5, 0.6) is 0 Å². The van der Waals surface area contributed by atoms with Gasteiger partial charge in [0.1, 0.15) is 5.82 Å². The van der Waals surface area contributed by atoms with Gasteiger partial charge in [-0.05, 0) is 57.3 Å². The van der Waals surface area contributed by atoms with Gasteiger partial charge in [0.25, 0.3) is 0 Å². The summed E-state index contributed by atoms with van der Waals surface area (Å²) in [5, 5.41) is 19.9. The average molecular weight is 396 g/mol. The molecule has 2 N–H and O–H groups in total. The van der Waals surface area contributed by atoms with Crippen LogP contribution in [0.25, 0.3) is 0 Å². The third-order valence-corrected chi connectivity index (χ3v) is 7.63. The summed E-state index contributed by atoms with van der Waals surface area (Å²) < 4.78 is 2.40. The van der Waals surface area contributed by atoms with E-state index in [0.717, 1.165) is 82.4 Å². The predicted molar refractivity (Wildman–Crippen MR) is 108 cm³/mol. The van der Waals surface area contributed by atoms with Crippen molar-refractivity contribution in [3.8, 4) is 0 Å². The lowest BCUT2D eigenvalue weighted by Gasteiger charge is -2.37. The van der Waals surface area contributed by atoms with E-state index in [1.54, 1.807) is 0 Å². The van der Waals surface area contributed by atoms with Crippen LogP contribution in [0.2, 0.25) is 0 Å². The van der Waals surface area contributed by atoms with Gasteiger partial charge in [0.15, 0.2) is 0 Å². The Bertz CT molecular complexity index is 919. The highest BCUT2D eigenvalue weighted by Crippen LogP contribution is 2.41. The zero-order chi connectivity index (χ0) is 19.4. The third kappa shape index (κ3) is 2.87. The van der Waals surface area contributed by atoms with E-state index in [1.165, 1.54) is 24.1 Å². The van der Waals surface area contributed by atoms with Crippen LogP contribution in [-0.2, 0) is 17.8 Å². The first-order chi connectivity index (χ1) is 14.2. The molecule has 4 heterocycles. The third-order valence-electron chi connectivity index (χ3n) is 7.63. The van der Waals surface area contributed by atoms with Crippen molar-refractivity contribution < 1.29 is 4.79 Å². The molecule has 2 aliphatic heterocycles. The molecule has 1 spiro atoms. The highest BCUT2D eigenvalue weighted by molar-refractivity contribution is 5.85. The number of carbonyl (C=O) groups excluding carboxylic acids is 1. The maximum atomic E-state index is 12.3. The number of H-pyrrole nitrogens is 1. The summed E-state index contributed by atoms with van der Waals surface area (Å²) in [5.41, 5.74) is 2.42. The number of amides is 1. The first-order valence-corrected chi connectivity index (χ1v) is 11.2. The predicted octanol–water partition coefficient (Wildman–Crippen LogP) is 1.99. The Hall–Kier alpha value is -2.38. The smallest absolute Gasteiger partial charge is 0.227 e. The number of piperidine rings is 1. The van der Waals surface area contributed by atoms with Crippen LogP contribution in [-0.4, -0.2) is 50.5 Å². The van der Waals surface area contributed by atoms with Crippen molar-refractivity contribution in [2.24, 2.45) is 11.3 Å². The fourth-order valence-corrected chi connectivity index (χ4v) is 5.59. The molecule has 1 saturated carbocycles. The number of aromatic nitrogens is 5. The van der Waals surface area contributed by atoms with Crippen LogP contribution in [0.3, 0.4) is 0 Å².